The molecule has 0 unspecified atom stereocenters. The van der Waals surface area contributed by atoms with Crippen molar-refractivity contribution in [1.29, 1.82) is 0 Å². The molecule has 1 aromatic heterocycles. The van der Waals surface area contributed by atoms with Crippen LogP contribution in [0.4, 0.5) is 13.2 Å². The molecule has 0 bridgehead atoms. The second-order valence-corrected chi connectivity index (χ2v) is 5.17. The molecule has 0 amide bonds. The normalized spacial score (nSPS) is 13.1. The lowest BCUT2D eigenvalue weighted by atomic mass is 10.4. The smallest absolute Gasteiger partial charge is 0.265 e. The van der Waals surface area contributed by atoms with Crippen LogP contribution in [0.1, 0.15) is 10.6 Å². The number of hydrogen-bond donors (Lipinski definition) is 0. The van der Waals surface area contributed by atoms with Crippen LogP contribution in [0.15, 0.2) is 5.51 Å². The summed E-state index contributed by atoms with van der Waals surface area (Å²) < 4.78 is 62.1. The van der Waals surface area contributed by atoms with Crippen molar-refractivity contribution < 1.29 is 25.8 Å². The van der Waals surface area contributed by atoms with Crippen LogP contribution in [0.3, 0.4) is 0 Å². The van der Waals surface area contributed by atoms with E-state index in [1.54, 1.807) is 0 Å². The Hall–Kier alpha value is -0.670. The van der Waals surface area contributed by atoms with Crippen molar-refractivity contribution in [3.8, 4) is 0 Å². The molecule has 9 heteroatoms. The SMILES string of the molecule is CS(=O)(=O)OCc1scnc1C(F)(F)F. The summed E-state index contributed by atoms with van der Waals surface area (Å²) in [6.07, 6.45) is -3.82. The van der Waals surface area contributed by atoms with E-state index in [4.69, 9.17) is 0 Å². The Labute approximate surface area is 87.8 Å². The first-order chi connectivity index (χ1) is 6.70. The molecular weight excluding hydrogens is 255 g/mol. The molecule has 0 aliphatic heterocycles. The predicted octanol–water partition coefficient (Wildman–Crippen LogP) is 1.64. The zero-order valence-electron chi connectivity index (χ0n) is 7.41. The van der Waals surface area contributed by atoms with Crippen LogP contribution < -0.4 is 0 Å². The number of rotatable bonds is 3. The van der Waals surface area contributed by atoms with Crippen LogP contribution in [0, 0.1) is 0 Å². The van der Waals surface area contributed by atoms with E-state index in [0.29, 0.717) is 11.3 Å². The molecule has 0 saturated carbocycles. The van der Waals surface area contributed by atoms with Gasteiger partial charge in [-0.05, 0) is 0 Å². The van der Waals surface area contributed by atoms with Crippen LogP contribution in [0.2, 0.25) is 0 Å². The third-order valence-electron chi connectivity index (χ3n) is 1.31. The van der Waals surface area contributed by atoms with Crippen molar-refractivity contribution >= 4 is 21.5 Å². The van der Waals surface area contributed by atoms with E-state index in [1.807, 2.05) is 0 Å². The van der Waals surface area contributed by atoms with Crippen molar-refractivity contribution in [3.63, 3.8) is 0 Å². The van der Waals surface area contributed by atoms with Crippen LogP contribution in [0.25, 0.3) is 0 Å². The van der Waals surface area contributed by atoms with Crippen LogP contribution >= 0.6 is 11.3 Å². The summed E-state index contributed by atoms with van der Waals surface area (Å²) in [5, 5.41) is 0. The van der Waals surface area contributed by atoms with Crippen molar-refractivity contribution in [2.75, 3.05) is 6.26 Å². The van der Waals surface area contributed by atoms with Gasteiger partial charge in [0.1, 0.15) is 6.61 Å². The van der Waals surface area contributed by atoms with Gasteiger partial charge in [0.2, 0.25) is 0 Å². The highest BCUT2D eigenvalue weighted by Gasteiger charge is 2.36. The zero-order chi connectivity index (χ0) is 11.7. The van der Waals surface area contributed by atoms with Crippen molar-refractivity contribution in [1.82, 2.24) is 4.98 Å². The van der Waals surface area contributed by atoms with E-state index >= 15 is 0 Å². The predicted molar refractivity (Wildman–Crippen MR) is 46.7 cm³/mol. The van der Waals surface area contributed by atoms with Gasteiger partial charge in [0, 0.05) is 0 Å². The molecule has 0 radical (unpaired) electrons. The largest absolute Gasteiger partial charge is 0.434 e. The average molecular weight is 261 g/mol. The Morgan fingerprint density at radius 1 is 1.53 bits per heavy atom. The van der Waals surface area contributed by atoms with Gasteiger partial charge in [-0.2, -0.15) is 21.6 Å². The second-order valence-electron chi connectivity index (χ2n) is 2.59. The first kappa shape index (κ1) is 12.4. The van der Waals surface area contributed by atoms with Crippen LogP contribution in [0.5, 0.6) is 0 Å². The highest BCUT2D eigenvalue weighted by molar-refractivity contribution is 7.85. The second kappa shape index (κ2) is 4.06. The third-order valence-corrected chi connectivity index (χ3v) is 2.67. The molecule has 0 spiro atoms. The fourth-order valence-electron chi connectivity index (χ4n) is 0.765. The molecule has 15 heavy (non-hydrogen) atoms. The summed E-state index contributed by atoms with van der Waals surface area (Å²) in [6, 6.07) is 0. The van der Waals surface area contributed by atoms with Crippen LogP contribution in [-0.2, 0) is 27.1 Å². The number of alkyl halides is 3. The standard InChI is InChI=1S/C6H6F3NO3S2/c1-15(11,12)13-2-4-5(6(7,8)9)10-3-14-4/h3H,2H2,1H3. The fourth-order valence-corrected chi connectivity index (χ4v) is 1.86. The quantitative estimate of drug-likeness (QED) is 0.776. The van der Waals surface area contributed by atoms with Gasteiger partial charge in [-0.3, -0.25) is 4.18 Å². The summed E-state index contributed by atoms with van der Waals surface area (Å²) in [4.78, 5) is 2.85. The molecule has 0 aromatic carbocycles. The van der Waals surface area contributed by atoms with E-state index in [0.717, 1.165) is 11.8 Å². The maximum atomic E-state index is 12.2. The van der Waals surface area contributed by atoms with E-state index in [1.165, 1.54) is 0 Å². The molecule has 1 rings (SSSR count). The Morgan fingerprint density at radius 2 is 2.13 bits per heavy atom. The Kier molecular flexibility index (Phi) is 3.36. The van der Waals surface area contributed by atoms with E-state index < -0.39 is 28.6 Å². The van der Waals surface area contributed by atoms with Crippen molar-refractivity contribution in [3.05, 3.63) is 16.1 Å². The van der Waals surface area contributed by atoms with Crippen molar-refractivity contribution in [2.45, 2.75) is 12.8 Å². The highest BCUT2D eigenvalue weighted by atomic mass is 32.2. The molecule has 0 N–H and O–H groups in total. The maximum Gasteiger partial charge on any atom is 0.434 e. The summed E-state index contributed by atoms with van der Waals surface area (Å²) in [5.74, 6) is 0. The maximum absolute atomic E-state index is 12.2. The van der Waals surface area contributed by atoms with Gasteiger partial charge in [0.25, 0.3) is 10.1 Å². The minimum Gasteiger partial charge on any atom is -0.265 e. The average Bonchev–Trinajstić information content (AvgIpc) is 2.45. The molecule has 1 aromatic rings. The molecule has 1 heterocycles. The highest BCUT2D eigenvalue weighted by Crippen LogP contribution is 2.32. The lowest BCUT2D eigenvalue weighted by Gasteiger charge is -2.05. The molecule has 4 nitrogen and oxygen atoms in total. The number of hydrogen-bond acceptors (Lipinski definition) is 5. The van der Waals surface area contributed by atoms with E-state index in [-0.39, 0.29) is 4.88 Å². The molecule has 0 fully saturated rings. The zero-order valence-corrected chi connectivity index (χ0v) is 9.04. The summed E-state index contributed by atoms with van der Waals surface area (Å²) in [7, 11) is -3.75. The first-order valence-corrected chi connectivity index (χ1v) is 6.24. The van der Waals surface area contributed by atoms with Gasteiger partial charge in [-0.15, -0.1) is 11.3 Å². The summed E-state index contributed by atoms with van der Waals surface area (Å²) in [5.41, 5.74) is -0.111. The van der Waals surface area contributed by atoms with Crippen molar-refractivity contribution in [2.24, 2.45) is 0 Å². The van der Waals surface area contributed by atoms with Gasteiger partial charge < -0.3 is 0 Å². The molecule has 0 atom stereocenters. The molecule has 0 saturated heterocycles. The first-order valence-electron chi connectivity index (χ1n) is 3.54. The van der Waals surface area contributed by atoms with Gasteiger partial charge in [0.15, 0.2) is 5.69 Å². The Morgan fingerprint density at radius 3 is 2.60 bits per heavy atom. The number of aromatic nitrogens is 1. The lowest BCUT2D eigenvalue weighted by molar-refractivity contribution is -0.141. The molecule has 0 aliphatic carbocycles. The Bertz CT molecular complexity index is 437. The Balaban J connectivity index is 2.84. The van der Waals surface area contributed by atoms with Crippen LogP contribution in [-0.4, -0.2) is 19.7 Å². The topological polar surface area (TPSA) is 56.3 Å². The fraction of sp³-hybridized carbons (Fsp3) is 0.500. The molecule has 86 valence electrons. The summed E-state index contributed by atoms with van der Waals surface area (Å²) in [6.45, 7) is -0.641. The number of thiazole rings is 1. The van der Waals surface area contributed by atoms with Gasteiger partial charge in [0.05, 0.1) is 16.6 Å². The van der Waals surface area contributed by atoms with E-state index in [2.05, 4.69) is 9.17 Å². The minimum atomic E-state index is -4.59. The lowest BCUT2D eigenvalue weighted by Crippen LogP contribution is -2.10. The van der Waals surface area contributed by atoms with Gasteiger partial charge >= 0.3 is 6.18 Å². The van der Waals surface area contributed by atoms with E-state index in [9.17, 15) is 21.6 Å². The number of nitrogens with zero attached hydrogens (tertiary/aromatic N) is 1. The summed E-state index contributed by atoms with van der Waals surface area (Å²) >= 11 is 0.697. The number of halogens is 3. The monoisotopic (exact) mass is 261 g/mol. The third kappa shape index (κ3) is 3.76. The van der Waals surface area contributed by atoms with Gasteiger partial charge in [-0.25, -0.2) is 4.98 Å². The van der Waals surface area contributed by atoms with Gasteiger partial charge in [-0.1, -0.05) is 0 Å². The molecule has 0 aliphatic rings. The minimum absolute atomic E-state index is 0.257. The molecular formula is C6H6F3NO3S2.